The number of nitrogen functional groups attached to an aromatic ring is 1. The second kappa shape index (κ2) is 5.32. The molecule has 1 aliphatic heterocycles. The van der Waals surface area contributed by atoms with Gasteiger partial charge in [0, 0.05) is 24.0 Å². The zero-order valence-electron chi connectivity index (χ0n) is 12.7. The molecule has 112 valence electrons. The molecular formula is C17H18N4O. The molecule has 0 spiro atoms. The topological polar surface area (TPSA) is 75.3 Å². The van der Waals surface area contributed by atoms with Crippen molar-refractivity contribution >= 4 is 17.5 Å². The van der Waals surface area contributed by atoms with E-state index in [0.29, 0.717) is 0 Å². The smallest absolute Gasteiger partial charge is 0.221 e. The Kier molecular flexibility index (Phi) is 3.47. The molecule has 1 aromatic carbocycles. The SMILES string of the molecule is CC(C)(O)C#Cc1ccc2c(c1)N(c1ccnc(N)n1)CC2. The van der Waals surface area contributed by atoms with Crippen LogP contribution in [0.2, 0.25) is 0 Å². The van der Waals surface area contributed by atoms with Gasteiger partial charge in [-0.15, -0.1) is 0 Å². The van der Waals surface area contributed by atoms with Gasteiger partial charge < -0.3 is 15.7 Å². The minimum Gasteiger partial charge on any atom is -0.378 e. The van der Waals surface area contributed by atoms with E-state index in [1.807, 2.05) is 18.2 Å². The molecule has 22 heavy (non-hydrogen) atoms. The molecule has 0 bridgehead atoms. The number of nitrogens with zero attached hydrogens (tertiary/aromatic N) is 3. The molecule has 0 amide bonds. The Hall–Kier alpha value is -2.58. The number of aromatic nitrogens is 2. The van der Waals surface area contributed by atoms with Crippen LogP contribution in [0.25, 0.3) is 0 Å². The Morgan fingerprint density at radius 2 is 2.14 bits per heavy atom. The van der Waals surface area contributed by atoms with Crippen molar-refractivity contribution in [2.24, 2.45) is 0 Å². The van der Waals surface area contributed by atoms with Crippen LogP contribution in [0.3, 0.4) is 0 Å². The highest BCUT2D eigenvalue weighted by Gasteiger charge is 2.21. The third-order valence-electron chi connectivity index (χ3n) is 3.43. The number of hydrogen-bond acceptors (Lipinski definition) is 5. The number of hydrogen-bond donors (Lipinski definition) is 2. The summed E-state index contributed by atoms with van der Waals surface area (Å²) in [5.74, 6) is 6.91. The Balaban J connectivity index is 1.97. The molecule has 0 aliphatic carbocycles. The monoisotopic (exact) mass is 294 g/mol. The summed E-state index contributed by atoms with van der Waals surface area (Å²) >= 11 is 0. The van der Waals surface area contributed by atoms with Gasteiger partial charge in [-0.05, 0) is 44.0 Å². The van der Waals surface area contributed by atoms with Gasteiger partial charge in [-0.1, -0.05) is 17.9 Å². The zero-order chi connectivity index (χ0) is 15.7. The first-order valence-electron chi connectivity index (χ1n) is 7.17. The van der Waals surface area contributed by atoms with E-state index in [-0.39, 0.29) is 5.95 Å². The molecule has 3 N–H and O–H groups in total. The van der Waals surface area contributed by atoms with Crippen LogP contribution in [0.5, 0.6) is 0 Å². The number of rotatable bonds is 1. The largest absolute Gasteiger partial charge is 0.378 e. The summed E-state index contributed by atoms with van der Waals surface area (Å²) in [6.07, 6.45) is 2.62. The van der Waals surface area contributed by atoms with Crippen molar-refractivity contribution in [3.8, 4) is 11.8 Å². The number of nitrogens with two attached hydrogens (primary N) is 1. The lowest BCUT2D eigenvalue weighted by atomic mass is 10.1. The Morgan fingerprint density at radius 3 is 2.86 bits per heavy atom. The minimum absolute atomic E-state index is 0.268. The molecule has 0 unspecified atom stereocenters. The van der Waals surface area contributed by atoms with Crippen LogP contribution in [0.1, 0.15) is 25.0 Å². The van der Waals surface area contributed by atoms with Crippen molar-refractivity contribution in [1.29, 1.82) is 0 Å². The van der Waals surface area contributed by atoms with Crippen molar-refractivity contribution < 1.29 is 5.11 Å². The average Bonchev–Trinajstić information content (AvgIpc) is 2.87. The van der Waals surface area contributed by atoms with Gasteiger partial charge in [0.25, 0.3) is 0 Å². The molecule has 1 aromatic heterocycles. The fraction of sp³-hybridized carbons (Fsp3) is 0.294. The summed E-state index contributed by atoms with van der Waals surface area (Å²) in [5.41, 5.74) is 7.88. The number of anilines is 3. The quantitative estimate of drug-likeness (QED) is 0.785. The van der Waals surface area contributed by atoms with E-state index >= 15 is 0 Å². The lowest BCUT2D eigenvalue weighted by Crippen LogP contribution is -2.16. The van der Waals surface area contributed by atoms with Gasteiger partial charge in [0.15, 0.2) is 0 Å². The van der Waals surface area contributed by atoms with E-state index in [9.17, 15) is 5.11 Å². The van der Waals surface area contributed by atoms with E-state index < -0.39 is 5.60 Å². The number of benzene rings is 1. The van der Waals surface area contributed by atoms with E-state index in [1.165, 1.54) is 5.56 Å². The van der Waals surface area contributed by atoms with Crippen molar-refractivity contribution in [2.75, 3.05) is 17.2 Å². The number of fused-ring (bicyclic) bond motifs is 1. The maximum atomic E-state index is 9.72. The minimum atomic E-state index is -1.00. The molecule has 0 saturated carbocycles. The predicted octanol–water partition coefficient (Wildman–Crippen LogP) is 1.88. The first-order chi connectivity index (χ1) is 10.4. The van der Waals surface area contributed by atoms with Gasteiger partial charge >= 0.3 is 0 Å². The van der Waals surface area contributed by atoms with Crippen molar-refractivity contribution in [2.45, 2.75) is 25.9 Å². The van der Waals surface area contributed by atoms with Crippen molar-refractivity contribution in [3.05, 3.63) is 41.6 Å². The highest BCUT2D eigenvalue weighted by molar-refractivity contribution is 5.69. The second-order valence-corrected chi connectivity index (χ2v) is 5.83. The van der Waals surface area contributed by atoms with Gasteiger partial charge in [0.2, 0.25) is 5.95 Å². The predicted molar refractivity (Wildman–Crippen MR) is 86.8 cm³/mol. The van der Waals surface area contributed by atoms with E-state index in [1.54, 1.807) is 20.0 Å². The normalized spacial score (nSPS) is 13.5. The van der Waals surface area contributed by atoms with Crippen LogP contribution >= 0.6 is 0 Å². The summed E-state index contributed by atoms with van der Waals surface area (Å²) in [5, 5.41) is 9.72. The molecule has 0 saturated heterocycles. The lowest BCUT2D eigenvalue weighted by Gasteiger charge is -2.18. The van der Waals surface area contributed by atoms with Gasteiger partial charge in [-0.3, -0.25) is 0 Å². The fourth-order valence-electron chi connectivity index (χ4n) is 2.43. The summed E-state index contributed by atoms with van der Waals surface area (Å²) < 4.78 is 0. The van der Waals surface area contributed by atoms with Crippen molar-refractivity contribution in [3.63, 3.8) is 0 Å². The molecule has 2 aromatic rings. The maximum Gasteiger partial charge on any atom is 0.221 e. The third-order valence-corrected chi connectivity index (χ3v) is 3.43. The van der Waals surface area contributed by atoms with Crippen LogP contribution in [0.15, 0.2) is 30.5 Å². The van der Waals surface area contributed by atoms with Crippen LogP contribution in [-0.4, -0.2) is 27.2 Å². The molecule has 0 atom stereocenters. The highest BCUT2D eigenvalue weighted by Crippen LogP contribution is 2.34. The second-order valence-electron chi connectivity index (χ2n) is 5.83. The Morgan fingerprint density at radius 1 is 1.32 bits per heavy atom. The van der Waals surface area contributed by atoms with E-state index in [2.05, 4.69) is 32.8 Å². The van der Waals surface area contributed by atoms with Gasteiger partial charge in [0.05, 0.1) is 0 Å². The molecule has 5 nitrogen and oxygen atoms in total. The highest BCUT2D eigenvalue weighted by atomic mass is 16.3. The zero-order valence-corrected chi connectivity index (χ0v) is 12.7. The van der Waals surface area contributed by atoms with Crippen molar-refractivity contribution in [1.82, 2.24) is 9.97 Å². The van der Waals surface area contributed by atoms with Crippen LogP contribution in [0, 0.1) is 11.8 Å². The average molecular weight is 294 g/mol. The van der Waals surface area contributed by atoms with Crippen LogP contribution < -0.4 is 10.6 Å². The Bertz CT molecular complexity index is 768. The summed E-state index contributed by atoms with van der Waals surface area (Å²) in [6, 6.07) is 7.93. The first kappa shape index (κ1) is 14.4. The Labute approximate surface area is 129 Å². The van der Waals surface area contributed by atoms with E-state index in [4.69, 9.17) is 5.73 Å². The molecule has 1 aliphatic rings. The van der Waals surface area contributed by atoms with Gasteiger partial charge in [-0.25, -0.2) is 4.98 Å². The lowest BCUT2D eigenvalue weighted by molar-refractivity contribution is 0.143. The fourth-order valence-corrected chi connectivity index (χ4v) is 2.43. The molecule has 3 rings (SSSR count). The standard InChI is InChI=1S/C17H18N4O/c1-17(2,22)8-5-12-3-4-13-7-10-21(14(13)11-12)15-6-9-19-16(18)20-15/h3-4,6,9,11,22H,7,10H2,1-2H3,(H2,18,19,20). The summed E-state index contributed by atoms with van der Waals surface area (Å²) in [6.45, 7) is 4.20. The van der Waals surface area contributed by atoms with Crippen LogP contribution in [0.4, 0.5) is 17.5 Å². The number of aliphatic hydroxyl groups is 1. The molecule has 5 heteroatoms. The van der Waals surface area contributed by atoms with E-state index in [0.717, 1.165) is 30.0 Å². The maximum absolute atomic E-state index is 9.72. The first-order valence-corrected chi connectivity index (χ1v) is 7.17. The summed E-state index contributed by atoms with van der Waals surface area (Å²) in [4.78, 5) is 10.3. The van der Waals surface area contributed by atoms with Crippen LogP contribution in [-0.2, 0) is 6.42 Å². The third kappa shape index (κ3) is 3.02. The van der Waals surface area contributed by atoms with Gasteiger partial charge in [-0.2, -0.15) is 4.98 Å². The summed E-state index contributed by atoms with van der Waals surface area (Å²) in [7, 11) is 0. The molecule has 0 fully saturated rings. The molecule has 2 heterocycles. The molecular weight excluding hydrogens is 276 g/mol. The molecule has 0 radical (unpaired) electrons. The van der Waals surface area contributed by atoms with Gasteiger partial charge in [0.1, 0.15) is 11.4 Å².